The van der Waals surface area contributed by atoms with Gasteiger partial charge in [0.2, 0.25) is 10.0 Å². The lowest BCUT2D eigenvalue weighted by Gasteiger charge is -2.11. The summed E-state index contributed by atoms with van der Waals surface area (Å²) in [5, 5.41) is 0. The van der Waals surface area contributed by atoms with E-state index in [2.05, 4.69) is 4.72 Å². The van der Waals surface area contributed by atoms with Crippen LogP contribution >= 0.6 is 0 Å². The van der Waals surface area contributed by atoms with Crippen LogP contribution in [-0.2, 0) is 20.0 Å². The summed E-state index contributed by atoms with van der Waals surface area (Å²) in [6, 6.07) is 5.75. The molecule has 0 bridgehead atoms. The molecule has 0 atom stereocenters. The standard InChI is InChI=1S/C15H13F3N2O4S2/c16-12-6-7-13(15(18)14(12)17)26(23,24)20-10-2-1-3-11(8-10)25(21,22)19-9-4-5-9/h1-3,6-9,19-20H,4-5H2. The average Bonchev–Trinajstić information content (AvgIpc) is 3.35. The third-order valence-electron chi connectivity index (χ3n) is 3.58. The number of hydrogen-bond donors (Lipinski definition) is 2. The van der Waals surface area contributed by atoms with Crippen LogP contribution in [0.25, 0.3) is 0 Å². The molecule has 0 saturated heterocycles. The largest absolute Gasteiger partial charge is 0.279 e. The zero-order valence-corrected chi connectivity index (χ0v) is 14.7. The fourth-order valence-corrected chi connectivity index (χ4v) is 4.61. The molecule has 1 aliphatic rings. The Labute approximate surface area is 148 Å². The van der Waals surface area contributed by atoms with E-state index in [-0.39, 0.29) is 16.6 Å². The van der Waals surface area contributed by atoms with Crippen molar-refractivity contribution in [3.63, 3.8) is 0 Å². The maximum atomic E-state index is 13.7. The van der Waals surface area contributed by atoms with Gasteiger partial charge >= 0.3 is 0 Å². The predicted octanol–water partition coefficient (Wildman–Crippen LogP) is 2.35. The first kappa shape index (κ1) is 18.7. The number of sulfonamides is 2. The SMILES string of the molecule is O=S(=O)(NC1CC1)c1cccc(NS(=O)(=O)c2ccc(F)c(F)c2F)c1. The van der Waals surface area contributed by atoms with Crippen LogP contribution in [0.5, 0.6) is 0 Å². The monoisotopic (exact) mass is 406 g/mol. The molecule has 26 heavy (non-hydrogen) atoms. The Morgan fingerprint density at radius 2 is 1.58 bits per heavy atom. The maximum absolute atomic E-state index is 13.7. The quantitative estimate of drug-likeness (QED) is 0.721. The molecule has 0 spiro atoms. The van der Waals surface area contributed by atoms with E-state index in [1.54, 1.807) is 0 Å². The maximum Gasteiger partial charge on any atom is 0.264 e. The summed E-state index contributed by atoms with van der Waals surface area (Å²) in [5.74, 6) is -5.31. The van der Waals surface area contributed by atoms with E-state index < -0.39 is 42.4 Å². The third kappa shape index (κ3) is 3.84. The van der Waals surface area contributed by atoms with E-state index in [0.717, 1.165) is 18.9 Å². The Morgan fingerprint density at radius 3 is 2.23 bits per heavy atom. The van der Waals surface area contributed by atoms with Crippen LogP contribution in [-0.4, -0.2) is 22.9 Å². The molecule has 11 heteroatoms. The number of hydrogen-bond acceptors (Lipinski definition) is 4. The van der Waals surface area contributed by atoms with Gasteiger partial charge in [-0.15, -0.1) is 0 Å². The van der Waals surface area contributed by atoms with Crippen molar-refractivity contribution in [3.8, 4) is 0 Å². The minimum absolute atomic E-state index is 0.142. The Morgan fingerprint density at radius 1 is 0.885 bits per heavy atom. The summed E-state index contributed by atoms with van der Waals surface area (Å²) in [7, 11) is -8.43. The molecular formula is C15H13F3N2O4S2. The molecule has 1 saturated carbocycles. The van der Waals surface area contributed by atoms with Crippen molar-refractivity contribution in [2.45, 2.75) is 28.7 Å². The minimum Gasteiger partial charge on any atom is -0.279 e. The zero-order valence-electron chi connectivity index (χ0n) is 13.0. The van der Waals surface area contributed by atoms with E-state index in [1.807, 2.05) is 4.72 Å². The lowest BCUT2D eigenvalue weighted by Crippen LogP contribution is -2.25. The van der Waals surface area contributed by atoms with Crippen LogP contribution in [0.4, 0.5) is 18.9 Å². The molecular weight excluding hydrogens is 393 g/mol. The van der Waals surface area contributed by atoms with Crippen LogP contribution in [0.1, 0.15) is 12.8 Å². The van der Waals surface area contributed by atoms with Crippen molar-refractivity contribution in [1.29, 1.82) is 0 Å². The van der Waals surface area contributed by atoms with Gasteiger partial charge < -0.3 is 0 Å². The van der Waals surface area contributed by atoms with Gasteiger partial charge in [-0.05, 0) is 43.2 Å². The lowest BCUT2D eigenvalue weighted by atomic mass is 10.3. The molecule has 0 heterocycles. The van der Waals surface area contributed by atoms with E-state index >= 15 is 0 Å². The summed E-state index contributed by atoms with van der Waals surface area (Å²) >= 11 is 0. The first-order chi connectivity index (χ1) is 12.1. The third-order valence-corrected chi connectivity index (χ3v) is 6.50. The predicted molar refractivity (Wildman–Crippen MR) is 86.9 cm³/mol. The van der Waals surface area contributed by atoms with Crippen LogP contribution in [0.2, 0.25) is 0 Å². The van der Waals surface area contributed by atoms with Crippen LogP contribution in [0.15, 0.2) is 46.2 Å². The highest BCUT2D eigenvalue weighted by Crippen LogP contribution is 2.25. The molecule has 0 amide bonds. The molecule has 3 rings (SSSR count). The lowest BCUT2D eigenvalue weighted by molar-refractivity contribution is 0.432. The van der Waals surface area contributed by atoms with Gasteiger partial charge in [-0.1, -0.05) is 6.07 Å². The fraction of sp³-hybridized carbons (Fsp3) is 0.200. The van der Waals surface area contributed by atoms with Gasteiger partial charge in [-0.2, -0.15) is 0 Å². The number of halogens is 3. The first-order valence-corrected chi connectivity index (χ1v) is 10.4. The first-order valence-electron chi connectivity index (χ1n) is 7.39. The molecule has 2 N–H and O–H groups in total. The Bertz CT molecular complexity index is 1070. The van der Waals surface area contributed by atoms with Crippen molar-refractivity contribution in [3.05, 3.63) is 53.8 Å². The molecule has 0 aliphatic heterocycles. The van der Waals surface area contributed by atoms with Crippen molar-refractivity contribution >= 4 is 25.7 Å². The molecule has 0 unspecified atom stereocenters. The summed E-state index contributed by atoms with van der Waals surface area (Å²) in [6.07, 6.45) is 1.45. The number of anilines is 1. The molecule has 0 radical (unpaired) electrons. The van der Waals surface area contributed by atoms with E-state index in [1.165, 1.54) is 18.2 Å². The van der Waals surface area contributed by atoms with E-state index in [0.29, 0.717) is 12.1 Å². The van der Waals surface area contributed by atoms with Crippen molar-refractivity contribution in [2.75, 3.05) is 4.72 Å². The van der Waals surface area contributed by atoms with Gasteiger partial charge in [0, 0.05) is 6.04 Å². The van der Waals surface area contributed by atoms with Gasteiger partial charge in [0.1, 0.15) is 4.90 Å². The number of benzene rings is 2. The van der Waals surface area contributed by atoms with Gasteiger partial charge in [-0.25, -0.2) is 34.7 Å². The summed E-state index contributed by atoms with van der Waals surface area (Å²) in [4.78, 5) is -1.28. The summed E-state index contributed by atoms with van der Waals surface area (Å²) < 4.78 is 93.2. The highest BCUT2D eigenvalue weighted by Gasteiger charge is 2.28. The minimum atomic E-state index is -4.60. The van der Waals surface area contributed by atoms with Gasteiger partial charge in [-0.3, -0.25) is 4.72 Å². The molecule has 1 aliphatic carbocycles. The van der Waals surface area contributed by atoms with Crippen molar-refractivity contribution < 1.29 is 30.0 Å². The Balaban J connectivity index is 1.91. The fourth-order valence-electron chi connectivity index (χ4n) is 2.14. The molecule has 140 valence electrons. The van der Waals surface area contributed by atoms with Gasteiger partial charge in [0.05, 0.1) is 10.6 Å². The number of nitrogens with one attached hydrogen (secondary N) is 2. The molecule has 6 nitrogen and oxygen atoms in total. The smallest absolute Gasteiger partial charge is 0.264 e. The normalized spacial score (nSPS) is 15.0. The average molecular weight is 406 g/mol. The van der Waals surface area contributed by atoms with Gasteiger partial charge in [0.15, 0.2) is 17.5 Å². The van der Waals surface area contributed by atoms with Crippen LogP contribution in [0.3, 0.4) is 0 Å². The second-order valence-electron chi connectivity index (χ2n) is 5.70. The number of rotatable bonds is 6. The second-order valence-corrected chi connectivity index (χ2v) is 9.07. The molecule has 2 aromatic rings. The highest BCUT2D eigenvalue weighted by molar-refractivity contribution is 7.92. The van der Waals surface area contributed by atoms with E-state index in [9.17, 15) is 30.0 Å². The van der Waals surface area contributed by atoms with Crippen LogP contribution in [0, 0.1) is 17.5 Å². The second kappa shape index (κ2) is 6.56. The summed E-state index contributed by atoms with van der Waals surface area (Å²) in [6.45, 7) is 0. The Kier molecular flexibility index (Phi) is 4.71. The highest BCUT2D eigenvalue weighted by atomic mass is 32.2. The summed E-state index contributed by atoms with van der Waals surface area (Å²) in [5.41, 5.74) is -0.173. The van der Waals surface area contributed by atoms with Crippen molar-refractivity contribution in [1.82, 2.24) is 4.72 Å². The van der Waals surface area contributed by atoms with E-state index in [4.69, 9.17) is 0 Å². The Hall–Kier alpha value is -2.11. The van der Waals surface area contributed by atoms with Gasteiger partial charge in [0.25, 0.3) is 10.0 Å². The molecule has 1 fully saturated rings. The molecule has 2 aromatic carbocycles. The van der Waals surface area contributed by atoms with Crippen molar-refractivity contribution in [2.24, 2.45) is 0 Å². The zero-order chi connectivity index (χ0) is 19.1. The molecule has 0 aromatic heterocycles. The topological polar surface area (TPSA) is 92.3 Å². The van der Waals surface area contributed by atoms with Crippen LogP contribution < -0.4 is 9.44 Å².